The number of fused-ring (bicyclic) bond motifs is 2. The number of carboxylic acids is 2. The average molecular weight is 750 g/mol. The summed E-state index contributed by atoms with van der Waals surface area (Å²) >= 11 is 2.31. The molecule has 3 atom stereocenters. The van der Waals surface area contributed by atoms with Gasteiger partial charge in [0, 0.05) is 34.2 Å². The van der Waals surface area contributed by atoms with E-state index in [-0.39, 0.29) is 33.8 Å². The number of thioether (sulfide) groups is 1. The molecular formula is C35H37N6O9S2+. The van der Waals surface area contributed by atoms with Crippen molar-refractivity contribution in [2.75, 3.05) is 25.1 Å². The first kappa shape index (κ1) is 36.4. The molecule has 3 aliphatic rings. The summed E-state index contributed by atoms with van der Waals surface area (Å²) in [5.74, 6) is -4.01. The Kier molecular flexibility index (Phi) is 9.78. The van der Waals surface area contributed by atoms with Gasteiger partial charge in [0.25, 0.3) is 11.8 Å². The van der Waals surface area contributed by atoms with Crippen LogP contribution in [0.5, 0.6) is 11.5 Å². The average Bonchev–Trinajstić information content (AvgIpc) is 3.53. The molecule has 1 aromatic heterocycles. The second-order valence-corrected chi connectivity index (χ2v) is 15.5. The zero-order valence-electron chi connectivity index (χ0n) is 28.4. The van der Waals surface area contributed by atoms with E-state index in [9.17, 15) is 39.6 Å². The van der Waals surface area contributed by atoms with Gasteiger partial charge in [-0.05, 0) is 37.1 Å². The third-order valence-electron chi connectivity index (χ3n) is 9.18. The molecule has 272 valence electrons. The molecule has 2 aromatic carbocycles. The first-order valence-corrected chi connectivity index (χ1v) is 18.1. The van der Waals surface area contributed by atoms with Crippen LogP contribution < -0.4 is 11.1 Å². The van der Waals surface area contributed by atoms with Gasteiger partial charge in [-0.2, -0.15) is 0 Å². The number of phenolic OH excluding ortho intramolecular Hbond substituents is 2. The van der Waals surface area contributed by atoms with Crippen molar-refractivity contribution < 1.29 is 48.9 Å². The lowest BCUT2D eigenvalue weighted by atomic mass is 9.96. The van der Waals surface area contributed by atoms with Crippen LogP contribution in [0.2, 0.25) is 0 Å². The van der Waals surface area contributed by atoms with Gasteiger partial charge in [-0.25, -0.2) is 14.6 Å². The Morgan fingerprint density at radius 2 is 1.88 bits per heavy atom. The summed E-state index contributed by atoms with van der Waals surface area (Å²) in [6.07, 6.45) is 4.12. The molecule has 7 N–H and O–H groups in total. The molecule has 6 rings (SSSR count). The summed E-state index contributed by atoms with van der Waals surface area (Å²) in [5, 5.41) is 46.8. The van der Waals surface area contributed by atoms with Crippen LogP contribution in [0.25, 0.3) is 6.08 Å². The number of oxime groups is 1. The summed E-state index contributed by atoms with van der Waals surface area (Å²) in [5.41, 5.74) is 7.57. The summed E-state index contributed by atoms with van der Waals surface area (Å²) < 4.78 is 0.731. The number of anilines is 1. The number of nitrogens with zero attached hydrogens (tertiary/aromatic N) is 4. The van der Waals surface area contributed by atoms with Crippen LogP contribution in [0.4, 0.5) is 5.13 Å². The van der Waals surface area contributed by atoms with E-state index in [0.717, 1.165) is 56.1 Å². The molecule has 52 heavy (non-hydrogen) atoms. The van der Waals surface area contributed by atoms with Gasteiger partial charge in [-0.1, -0.05) is 41.6 Å². The maximum atomic E-state index is 13.3. The monoisotopic (exact) mass is 749 g/mol. The van der Waals surface area contributed by atoms with Crippen molar-refractivity contribution >= 4 is 63.8 Å². The van der Waals surface area contributed by atoms with E-state index >= 15 is 0 Å². The highest BCUT2D eigenvalue weighted by atomic mass is 32.2. The number of β-lactam (4-membered cyclic amide) rings is 1. The SMILES string of the molecule is CC(C)(O/N=C(\C(=O)N[C@@H]1C(=O)N2C(C(=O)O)=C(/C=C/c3ccc(C[N+]4(C)CCc5c(ccc(O)c5O)C4)cc3)CS[C@H]12)c1csc(N)n1)C(=O)O. The lowest BCUT2D eigenvalue weighted by molar-refractivity contribution is -0.937. The number of amides is 2. The van der Waals surface area contributed by atoms with Crippen LogP contribution >= 0.6 is 23.1 Å². The number of hydrogen-bond acceptors (Lipinski definition) is 12. The molecule has 1 saturated heterocycles. The minimum Gasteiger partial charge on any atom is -0.504 e. The van der Waals surface area contributed by atoms with Gasteiger partial charge in [0.05, 0.1) is 13.6 Å². The van der Waals surface area contributed by atoms with E-state index in [1.165, 1.54) is 37.1 Å². The number of nitrogens with two attached hydrogens (primary N) is 1. The zero-order valence-corrected chi connectivity index (χ0v) is 30.0. The summed E-state index contributed by atoms with van der Waals surface area (Å²) in [4.78, 5) is 60.9. The predicted octanol–water partition coefficient (Wildman–Crippen LogP) is 2.88. The largest absolute Gasteiger partial charge is 0.504 e. The van der Waals surface area contributed by atoms with Gasteiger partial charge in [-0.3, -0.25) is 14.5 Å². The third-order valence-corrected chi connectivity index (χ3v) is 11.2. The minimum absolute atomic E-state index is 0.0174. The maximum absolute atomic E-state index is 13.3. The Morgan fingerprint density at radius 3 is 2.54 bits per heavy atom. The second kappa shape index (κ2) is 14.0. The van der Waals surface area contributed by atoms with Gasteiger partial charge >= 0.3 is 11.9 Å². The van der Waals surface area contributed by atoms with E-state index in [1.54, 1.807) is 12.2 Å². The normalized spacial score (nSPS) is 21.7. The molecular weight excluding hydrogens is 713 g/mol. The molecule has 15 nitrogen and oxygen atoms in total. The van der Waals surface area contributed by atoms with Crippen LogP contribution in [0.1, 0.15) is 41.8 Å². The molecule has 0 spiro atoms. The standard InChI is InChI=1S/C35H36N6O9S2/c1-35(2,33(48)49)50-39-25(23-17-52-34(36)37-23)29(44)38-26-30(45)40-27(32(46)47)21(16-51-31(26)40)9-8-18-4-6-19(7-5-18)14-41(3)13-12-22-20(15-41)10-11-24(42)28(22)43/h4-11,17,26,31H,12-16H2,1-3H3,(H6-,36,37,38,39,42,43,44,46,47,48,49)/p+1/b9-8+/t26-,31-,41?/m1/s1. The number of aliphatic carboxylic acids is 2. The summed E-state index contributed by atoms with van der Waals surface area (Å²) in [7, 11) is 2.16. The van der Waals surface area contributed by atoms with E-state index in [0.29, 0.717) is 18.5 Å². The quantitative estimate of drug-likeness (QED) is 0.0548. The Hall–Kier alpha value is -5.39. The van der Waals surface area contributed by atoms with E-state index in [1.807, 2.05) is 30.3 Å². The molecule has 0 bridgehead atoms. The first-order valence-electron chi connectivity index (χ1n) is 16.1. The van der Waals surface area contributed by atoms with E-state index in [2.05, 4.69) is 22.5 Å². The number of carbonyl (C=O) groups excluding carboxylic acids is 2. The molecule has 3 aliphatic heterocycles. The number of nitrogens with one attached hydrogen (secondary N) is 1. The van der Waals surface area contributed by atoms with Crippen molar-refractivity contribution in [3.8, 4) is 11.5 Å². The molecule has 3 aromatic rings. The Morgan fingerprint density at radius 1 is 1.15 bits per heavy atom. The molecule has 0 aliphatic carbocycles. The number of nitrogen functional groups attached to an aromatic ring is 1. The van der Waals surface area contributed by atoms with Crippen molar-refractivity contribution in [1.29, 1.82) is 0 Å². The van der Waals surface area contributed by atoms with Crippen molar-refractivity contribution in [1.82, 2.24) is 15.2 Å². The van der Waals surface area contributed by atoms with Crippen molar-refractivity contribution in [2.45, 2.75) is 50.4 Å². The van der Waals surface area contributed by atoms with Gasteiger partial charge in [0.15, 0.2) is 22.3 Å². The number of thiazole rings is 1. The number of carbonyl (C=O) groups is 4. The van der Waals surface area contributed by atoms with Crippen LogP contribution in [-0.2, 0) is 43.5 Å². The predicted molar refractivity (Wildman–Crippen MR) is 193 cm³/mol. The van der Waals surface area contributed by atoms with Crippen LogP contribution in [0.3, 0.4) is 0 Å². The Labute approximate surface area is 306 Å². The topological polar surface area (TPSA) is 225 Å². The number of allylic oxidation sites excluding steroid dienone is 1. The number of carboxylic acid groups (broad SMARTS) is 2. The van der Waals surface area contributed by atoms with E-state index < -0.39 is 46.5 Å². The smallest absolute Gasteiger partial charge is 0.352 e. The lowest BCUT2D eigenvalue weighted by Gasteiger charge is -2.49. The van der Waals surface area contributed by atoms with Gasteiger partial charge in [0.1, 0.15) is 35.9 Å². The number of rotatable bonds is 11. The van der Waals surface area contributed by atoms with Crippen LogP contribution in [0, 0.1) is 0 Å². The zero-order chi connectivity index (χ0) is 37.5. The molecule has 0 radical (unpaired) electrons. The number of quaternary nitrogens is 1. The third kappa shape index (κ3) is 7.19. The molecule has 2 amide bonds. The van der Waals surface area contributed by atoms with Gasteiger partial charge in [0.2, 0.25) is 5.60 Å². The van der Waals surface area contributed by atoms with Crippen molar-refractivity contribution in [3.63, 3.8) is 0 Å². The summed E-state index contributed by atoms with van der Waals surface area (Å²) in [6.45, 7) is 4.76. The number of aromatic nitrogens is 1. The Bertz CT molecular complexity index is 2060. The second-order valence-electron chi connectivity index (χ2n) is 13.5. The van der Waals surface area contributed by atoms with Crippen molar-refractivity contribution in [3.05, 3.63) is 87.1 Å². The highest BCUT2D eigenvalue weighted by Gasteiger charge is 2.54. The van der Waals surface area contributed by atoms with Gasteiger partial charge < -0.3 is 40.8 Å². The fourth-order valence-electron chi connectivity index (χ4n) is 6.25. The lowest BCUT2D eigenvalue weighted by Crippen LogP contribution is -2.71. The highest BCUT2D eigenvalue weighted by molar-refractivity contribution is 8.00. The Balaban J connectivity index is 1.13. The van der Waals surface area contributed by atoms with E-state index in [4.69, 9.17) is 10.6 Å². The number of phenols is 2. The molecule has 4 heterocycles. The highest BCUT2D eigenvalue weighted by Crippen LogP contribution is 2.41. The summed E-state index contributed by atoms with van der Waals surface area (Å²) in [6, 6.07) is 10.2. The first-order chi connectivity index (χ1) is 24.6. The van der Waals surface area contributed by atoms with Gasteiger partial charge in [-0.15, -0.1) is 23.1 Å². The molecule has 1 unspecified atom stereocenters. The number of benzene rings is 2. The number of likely N-dealkylation sites (N-methyl/N-ethyl adjacent to an activating group) is 1. The maximum Gasteiger partial charge on any atom is 0.352 e. The molecule has 17 heteroatoms. The number of hydrogen-bond donors (Lipinski definition) is 6. The molecule has 0 saturated carbocycles. The fourth-order valence-corrected chi connectivity index (χ4v) is 8.12. The van der Waals surface area contributed by atoms with Crippen LogP contribution in [0.15, 0.2) is 64.3 Å². The molecule has 1 fully saturated rings. The van der Waals surface area contributed by atoms with Crippen LogP contribution in [-0.4, -0.2) is 101 Å². The minimum atomic E-state index is -1.78. The van der Waals surface area contributed by atoms with Crippen molar-refractivity contribution in [2.24, 2.45) is 5.16 Å². The fraction of sp³-hybridized carbons (Fsp3) is 0.314. The number of aromatic hydroxyl groups is 2.